The third kappa shape index (κ3) is 4.06. The average Bonchev–Trinajstić information content (AvgIpc) is 3.41. The lowest BCUT2D eigenvalue weighted by molar-refractivity contribution is -0.124. The molecule has 0 unspecified atom stereocenters. The molecule has 2 aliphatic heterocycles. The lowest BCUT2D eigenvalue weighted by Gasteiger charge is -2.24. The highest BCUT2D eigenvalue weighted by atomic mass is 16.7. The van der Waals surface area contributed by atoms with Crippen molar-refractivity contribution in [1.29, 1.82) is 0 Å². The lowest BCUT2D eigenvalue weighted by atomic mass is 10.1. The summed E-state index contributed by atoms with van der Waals surface area (Å²) in [7, 11) is 1.55. The summed E-state index contributed by atoms with van der Waals surface area (Å²) in [6.45, 7) is 1.10. The van der Waals surface area contributed by atoms with Crippen molar-refractivity contribution in [2.24, 2.45) is 0 Å². The Bertz CT molecular complexity index is 917. The number of carbonyl (C=O) groups is 2. The quantitative estimate of drug-likeness (QED) is 0.810. The van der Waals surface area contributed by atoms with Crippen LogP contribution in [0.2, 0.25) is 0 Å². The molecule has 2 aromatic rings. The van der Waals surface area contributed by atoms with E-state index in [9.17, 15) is 9.59 Å². The van der Waals surface area contributed by atoms with Crippen LogP contribution in [0.15, 0.2) is 42.5 Å². The number of benzene rings is 2. The molecule has 0 spiro atoms. The first-order valence-electron chi connectivity index (χ1n) is 9.52. The molecular weight excluding hydrogens is 374 g/mol. The van der Waals surface area contributed by atoms with Crippen molar-refractivity contribution in [1.82, 2.24) is 10.2 Å². The predicted molar refractivity (Wildman–Crippen MR) is 106 cm³/mol. The van der Waals surface area contributed by atoms with E-state index in [2.05, 4.69) is 10.6 Å². The number of rotatable bonds is 5. The number of likely N-dealkylation sites (tertiary alicyclic amines) is 1. The van der Waals surface area contributed by atoms with Crippen molar-refractivity contribution in [3.05, 3.63) is 48.0 Å². The fourth-order valence-corrected chi connectivity index (χ4v) is 3.58. The summed E-state index contributed by atoms with van der Waals surface area (Å²) in [5.74, 6) is 1.78. The van der Waals surface area contributed by atoms with Gasteiger partial charge in [0.15, 0.2) is 11.5 Å². The van der Waals surface area contributed by atoms with E-state index < -0.39 is 6.04 Å². The van der Waals surface area contributed by atoms with Crippen molar-refractivity contribution < 1.29 is 23.8 Å². The largest absolute Gasteiger partial charge is 0.495 e. The molecule has 0 radical (unpaired) electrons. The smallest absolute Gasteiger partial charge is 0.322 e. The third-order valence-corrected chi connectivity index (χ3v) is 5.07. The van der Waals surface area contributed by atoms with Crippen LogP contribution in [0.1, 0.15) is 18.4 Å². The monoisotopic (exact) mass is 397 g/mol. The number of amides is 3. The highest BCUT2D eigenvalue weighted by molar-refractivity contribution is 5.95. The zero-order chi connectivity index (χ0) is 20.2. The number of carbonyl (C=O) groups excluding carboxylic acids is 2. The minimum Gasteiger partial charge on any atom is -0.495 e. The standard InChI is InChI=1S/C21H23N3O5/c1-27-17-7-3-2-5-15(17)23-21(26)24-10-4-6-16(24)20(25)22-12-14-8-9-18-19(11-14)29-13-28-18/h2-3,5,7-9,11,16H,4,6,10,12-13H2,1H3,(H,22,25)(H,23,26)/t16-/m0/s1. The first-order chi connectivity index (χ1) is 14.2. The molecule has 29 heavy (non-hydrogen) atoms. The van der Waals surface area contributed by atoms with Gasteiger partial charge in [-0.15, -0.1) is 0 Å². The Labute approximate surface area is 168 Å². The predicted octanol–water partition coefficient (Wildman–Crippen LogP) is 2.74. The first kappa shape index (κ1) is 18.9. The molecule has 1 fully saturated rings. The first-order valence-corrected chi connectivity index (χ1v) is 9.52. The topological polar surface area (TPSA) is 89.1 Å². The van der Waals surface area contributed by atoms with Crippen LogP contribution in [0, 0.1) is 0 Å². The Balaban J connectivity index is 1.37. The highest BCUT2D eigenvalue weighted by Gasteiger charge is 2.34. The second kappa shape index (κ2) is 8.30. The van der Waals surface area contributed by atoms with Crippen molar-refractivity contribution in [3.63, 3.8) is 0 Å². The van der Waals surface area contributed by atoms with Gasteiger partial charge in [0, 0.05) is 13.1 Å². The molecule has 1 atom stereocenters. The summed E-state index contributed by atoms with van der Waals surface area (Å²) in [4.78, 5) is 27.0. The Kier molecular flexibility index (Phi) is 5.41. The van der Waals surface area contributed by atoms with Gasteiger partial charge in [-0.05, 0) is 42.7 Å². The molecule has 2 aliphatic rings. The van der Waals surface area contributed by atoms with Crippen molar-refractivity contribution in [2.45, 2.75) is 25.4 Å². The molecule has 1 saturated heterocycles. The van der Waals surface area contributed by atoms with Crippen LogP contribution in [0.3, 0.4) is 0 Å². The van der Waals surface area contributed by atoms with E-state index in [1.54, 1.807) is 24.1 Å². The highest BCUT2D eigenvalue weighted by Crippen LogP contribution is 2.32. The van der Waals surface area contributed by atoms with E-state index in [0.717, 1.165) is 12.0 Å². The summed E-state index contributed by atoms with van der Waals surface area (Å²) in [5, 5.41) is 5.76. The summed E-state index contributed by atoms with van der Waals surface area (Å²) >= 11 is 0. The average molecular weight is 397 g/mol. The van der Waals surface area contributed by atoms with E-state index in [1.807, 2.05) is 30.3 Å². The number of ether oxygens (including phenoxy) is 3. The Morgan fingerprint density at radius 3 is 2.86 bits per heavy atom. The van der Waals surface area contributed by atoms with Crippen LogP contribution in [0.25, 0.3) is 0 Å². The van der Waals surface area contributed by atoms with Crippen LogP contribution >= 0.6 is 0 Å². The zero-order valence-corrected chi connectivity index (χ0v) is 16.1. The molecule has 152 valence electrons. The zero-order valence-electron chi connectivity index (χ0n) is 16.1. The summed E-state index contributed by atoms with van der Waals surface area (Å²) in [5.41, 5.74) is 1.48. The van der Waals surface area contributed by atoms with Crippen LogP contribution < -0.4 is 24.8 Å². The third-order valence-electron chi connectivity index (χ3n) is 5.07. The summed E-state index contributed by atoms with van der Waals surface area (Å²) < 4.78 is 15.9. The van der Waals surface area contributed by atoms with Crippen molar-refractivity contribution >= 4 is 17.6 Å². The van der Waals surface area contributed by atoms with Gasteiger partial charge >= 0.3 is 6.03 Å². The van der Waals surface area contributed by atoms with E-state index >= 15 is 0 Å². The molecule has 3 amide bonds. The van der Waals surface area contributed by atoms with E-state index in [1.165, 1.54) is 0 Å². The molecule has 2 aromatic carbocycles. The van der Waals surface area contributed by atoms with Crippen LogP contribution in [0.4, 0.5) is 10.5 Å². The van der Waals surface area contributed by atoms with Crippen molar-refractivity contribution in [3.8, 4) is 17.2 Å². The number of fused-ring (bicyclic) bond motifs is 1. The van der Waals surface area contributed by atoms with Gasteiger partial charge in [-0.1, -0.05) is 18.2 Å². The maximum absolute atomic E-state index is 12.7. The molecule has 2 heterocycles. The normalized spacial score (nSPS) is 17.1. The Morgan fingerprint density at radius 2 is 2.00 bits per heavy atom. The number of methoxy groups -OCH3 is 1. The summed E-state index contributed by atoms with van der Waals surface area (Å²) in [6, 6.07) is 11.9. The molecule has 0 bridgehead atoms. The maximum Gasteiger partial charge on any atom is 0.322 e. The molecular formula is C21H23N3O5. The second-order valence-electron chi connectivity index (χ2n) is 6.89. The van der Waals surface area contributed by atoms with Crippen LogP contribution in [-0.4, -0.2) is 43.3 Å². The molecule has 8 heteroatoms. The summed E-state index contributed by atoms with van der Waals surface area (Å²) in [6.07, 6.45) is 1.41. The number of hydrogen-bond acceptors (Lipinski definition) is 5. The maximum atomic E-state index is 12.7. The fraction of sp³-hybridized carbons (Fsp3) is 0.333. The van der Waals surface area contributed by atoms with Gasteiger partial charge in [0.05, 0.1) is 12.8 Å². The van der Waals surface area contributed by atoms with Gasteiger partial charge in [-0.3, -0.25) is 4.79 Å². The second-order valence-corrected chi connectivity index (χ2v) is 6.89. The number of anilines is 1. The van der Waals surface area contributed by atoms with Gasteiger partial charge in [0.2, 0.25) is 12.7 Å². The number of nitrogens with zero attached hydrogens (tertiary/aromatic N) is 1. The van der Waals surface area contributed by atoms with E-state index in [-0.39, 0.29) is 18.7 Å². The minimum atomic E-state index is -0.501. The van der Waals surface area contributed by atoms with E-state index in [0.29, 0.717) is 42.4 Å². The minimum absolute atomic E-state index is 0.171. The van der Waals surface area contributed by atoms with Gasteiger partial charge in [-0.2, -0.15) is 0 Å². The molecule has 0 saturated carbocycles. The van der Waals surface area contributed by atoms with Crippen LogP contribution in [-0.2, 0) is 11.3 Å². The van der Waals surface area contributed by atoms with E-state index in [4.69, 9.17) is 14.2 Å². The Morgan fingerprint density at radius 1 is 1.17 bits per heavy atom. The number of urea groups is 1. The van der Waals surface area contributed by atoms with Crippen LogP contribution in [0.5, 0.6) is 17.2 Å². The number of para-hydroxylation sites is 2. The number of nitrogens with one attached hydrogen (secondary N) is 2. The SMILES string of the molecule is COc1ccccc1NC(=O)N1CCC[C@H]1C(=O)NCc1ccc2c(c1)OCO2. The molecule has 4 rings (SSSR count). The molecule has 0 aromatic heterocycles. The Hall–Kier alpha value is -3.42. The molecule has 0 aliphatic carbocycles. The lowest BCUT2D eigenvalue weighted by Crippen LogP contribution is -2.47. The van der Waals surface area contributed by atoms with Gasteiger partial charge in [-0.25, -0.2) is 4.79 Å². The van der Waals surface area contributed by atoms with Gasteiger partial charge < -0.3 is 29.7 Å². The van der Waals surface area contributed by atoms with Crippen molar-refractivity contribution in [2.75, 3.05) is 25.8 Å². The van der Waals surface area contributed by atoms with Gasteiger partial charge in [0.25, 0.3) is 0 Å². The molecule has 2 N–H and O–H groups in total. The fourth-order valence-electron chi connectivity index (χ4n) is 3.58. The number of hydrogen-bond donors (Lipinski definition) is 2. The molecule has 8 nitrogen and oxygen atoms in total. The van der Waals surface area contributed by atoms with Gasteiger partial charge in [0.1, 0.15) is 11.8 Å².